The number of rotatable bonds is 6. The molecule has 0 bridgehead atoms. The van der Waals surface area contributed by atoms with Crippen molar-refractivity contribution in [3.63, 3.8) is 0 Å². The van der Waals surface area contributed by atoms with E-state index in [9.17, 15) is 0 Å². The number of nitrogens with two attached hydrogens (primary N) is 1. The van der Waals surface area contributed by atoms with Crippen LogP contribution in [-0.4, -0.2) is 23.1 Å². The summed E-state index contributed by atoms with van der Waals surface area (Å²) in [6.07, 6.45) is 1.64. The molecule has 6 heteroatoms. The van der Waals surface area contributed by atoms with Gasteiger partial charge in [-0.2, -0.15) is 0 Å². The summed E-state index contributed by atoms with van der Waals surface area (Å²) in [7, 11) is 1.65. The van der Waals surface area contributed by atoms with Gasteiger partial charge in [-0.25, -0.2) is 0 Å². The Morgan fingerprint density at radius 2 is 1.95 bits per heavy atom. The molecule has 1 aromatic heterocycles. The molecule has 4 N–H and O–H groups in total. The summed E-state index contributed by atoms with van der Waals surface area (Å²) >= 11 is 0. The van der Waals surface area contributed by atoms with Crippen molar-refractivity contribution in [2.24, 2.45) is 10.9 Å². The molecule has 0 saturated heterocycles. The summed E-state index contributed by atoms with van der Waals surface area (Å²) in [6, 6.07) is 11.6. The van der Waals surface area contributed by atoms with Crippen molar-refractivity contribution in [2.75, 3.05) is 7.11 Å². The van der Waals surface area contributed by atoms with E-state index in [4.69, 9.17) is 15.7 Å². The van der Waals surface area contributed by atoms with Gasteiger partial charge < -0.3 is 21.0 Å². The molecule has 1 aromatic carbocycles. The van der Waals surface area contributed by atoms with Crippen molar-refractivity contribution in [2.45, 2.75) is 13.1 Å². The van der Waals surface area contributed by atoms with Gasteiger partial charge in [0.15, 0.2) is 5.84 Å². The standard InChI is InChI=1S/C15H18N4O2/c1-21-13-4-2-11(3-5-13)9-17-10-12-6-7-18-14(8-12)15(16)19-20/h2-8,17,20H,9-10H2,1H3,(H2,16,19). The first-order valence-corrected chi connectivity index (χ1v) is 6.49. The van der Waals surface area contributed by atoms with E-state index in [1.165, 1.54) is 5.56 Å². The predicted molar refractivity (Wildman–Crippen MR) is 80.3 cm³/mol. The number of nitrogens with zero attached hydrogens (tertiary/aromatic N) is 2. The average molecular weight is 286 g/mol. The second-order valence-corrected chi connectivity index (χ2v) is 4.49. The Hall–Kier alpha value is -2.60. The fourth-order valence-corrected chi connectivity index (χ4v) is 1.87. The van der Waals surface area contributed by atoms with Gasteiger partial charge in [0, 0.05) is 19.3 Å². The SMILES string of the molecule is COc1ccc(CNCc2ccnc(C(N)=NO)c2)cc1. The van der Waals surface area contributed by atoms with E-state index < -0.39 is 0 Å². The van der Waals surface area contributed by atoms with E-state index in [0.29, 0.717) is 12.2 Å². The molecule has 2 rings (SSSR count). The molecule has 0 saturated carbocycles. The number of hydrogen-bond donors (Lipinski definition) is 3. The maximum atomic E-state index is 8.64. The fourth-order valence-electron chi connectivity index (χ4n) is 1.87. The summed E-state index contributed by atoms with van der Waals surface area (Å²) < 4.78 is 5.12. The monoisotopic (exact) mass is 286 g/mol. The van der Waals surface area contributed by atoms with Crippen LogP contribution in [0.25, 0.3) is 0 Å². The van der Waals surface area contributed by atoms with Gasteiger partial charge >= 0.3 is 0 Å². The second-order valence-electron chi connectivity index (χ2n) is 4.49. The molecule has 0 amide bonds. The molecule has 0 aliphatic rings. The van der Waals surface area contributed by atoms with Crippen LogP contribution >= 0.6 is 0 Å². The minimum atomic E-state index is 0.00649. The summed E-state index contributed by atoms with van der Waals surface area (Å²) in [4.78, 5) is 4.04. The first-order valence-electron chi connectivity index (χ1n) is 6.49. The van der Waals surface area contributed by atoms with E-state index in [0.717, 1.165) is 17.9 Å². The van der Waals surface area contributed by atoms with E-state index in [1.807, 2.05) is 30.3 Å². The second kappa shape index (κ2) is 7.25. The van der Waals surface area contributed by atoms with Gasteiger partial charge in [0.2, 0.25) is 0 Å². The lowest BCUT2D eigenvalue weighted by Gasteiger charge is -2.07. The van der Waals surface area contributed by atoms with E-state index in [-0.39, 0.29) is 5.84 Å². The molecule has 2 aromatic rings. The Bertz CT molecular complexity index is 611. The molecule has 1 heterocycles. The van der Waals surface area contributed by atoms with Gasteiger partial charge in [-0.05, 0) is 35.4 Å². The predicted octanol–water partition coefficient (Wildman–Crippen LogP) is 1.47. The van der Waals surface area contributed by atoms with Gasteiger partial charge in [-0.1, -0.05) is 17.3 Å². The number of methoxy groups -OCH3 is 1. The maximum absolute atomic E-state index is 8.64. The summed E-state index contributed by atoms with van der Waals surface area (Å²) in [5.74, 6) is 0.850. The number of amidine groups is 1. The Labute approximate surface area is 123 Å². The third-order valence-electron chi connectivity index (χ3n) is 3.01. The van der Waals surface area contributed by atoms with Gasteiger partial charge in [0.1, 0.15) is 11.4 Å². The Kier molecular flexibility index (Phi) is 5.11. The summed E-state index contributed by atoms with van der Waals surface area (Å²) in [6.45, 7) is 1.41. The lowest BCUT2D eigenvalue weighted by Crippen LogP contribution is -2.17. The maximum Gasteiger partial charge on any atom is 0.188 e. The van der Waals surface area contributed by atoms with Crippen LogP contribution < -0.4 is 15.8 Å². The van der Waals surface area contributed by atoms with Crippen LogP contribution in [0.15, 0.2) is 47.8 Å². The van der Waals surface area contributed by atoms with Crippen LogP contribution in [0.2, 0.25) is 0 Å². The zero-order valence-electron chi connectivity index (χ0n) is 11.8. The summed E-state index contributed by atoms with van der Waals surface area (Å²) in [5, 5.41) is 14.9. The molecule has 0 unspecified atom stereocenters. The highest BCUT2D eigenvalue weighted by molar-refractivity contribution is 5.95. The van der Waals surface area contributed by atoms with Crippen LogP contribution in [0.3, 0.4) is 0 Å². The van der Waals surface area contributed by atoms with E-state index >= 15 is 0 Å². The first-order chi connectivity index (χ1) is 10.2. The Morgan fingerprint density at radius 3 is 2.62 bits per heavy atom. The smallest absolute Gasteiger partial charge is 0.188 e. The van der Waals surface area contributed by atoms with Crippen LogP contribution in [0.5, 0.6) is 5.75 Å². The number of ether oxygens (including phenoxy) is 1. The van der Waals surface area contributed by atoms with Crippen LogP contribution in [0.4, 0.5) is 0 Å². The van der Waals surface area contributed by atoms with Crippen LogP contribution in [0, 0.1) is 0 Å². The average Bonchev–Trinajstić information content (AvgIpc) is 2.55. The minimum Gasteiger partial charge on any atom is -0.497 e. The zero-order valence-corrected chi connectivity index (χ0v) is 11.8. The van der Waals surface area contributed by atoms with Crippen molar-refractivity contribution < 1.29 is 9.94 Å². The highest BCUT2D eigenvalue weighted by Gasteiger charge is 2.02. The molecule has 21 heavy (non-hydrogen) atoms. The highest BCUT2D eigenvalue weighted by Crippen LogP contribution is 2.11. The molecule has 0 fully saturated rings. The van der Waals surface area contributed by atoms with Crippen LogP contribution in [0.1, 0.15) is 16.8 Å². The lowest BCUT2D eigenvalue weighted by molar-refractivity contribution is 0.318. The number of nitrogens with one attached hydrogen (secondary N) is 1. The van der Waals surface area contributed by atoms with Crippen molar-refractivity contribution >= 4 is 5.84 Å². The van der Waals surface area contributed by atoms with Crippen molar-refractivity contribution in [1.82, 2.24) is 10.3 Å². The highest BCUT2D eigenvalue weighted by atomic mass is 16.5. The van der Waals surface area contributed by atoms with E-state index in [2.05, 4.69) is 15.5 Å². The largest absolute Gasteiger partial charge is 0.497 e. The molecule has 0 aliphatic carbocycles. The first kappa shape index (κ1) is 14.8. The number of benzene rings is 1. The fraction of sp³-hybridized carbons (Fsp3) is 0.200. The molecular formula is C15H18N4O2. The Morgan fingerprint density at radius 1 is 1.24 bits per heavy atom. The van der Waals surface area contributed by atoms with Gasteiger partial charge in [-0.15, -0.1) is 0 Å². The third-order valence-corrected chi connectivity index (χ3v) is 3.01. The van der Waals surface area contributed by atoms with Gasteiger partial charge in [0.05, 0.1) is 7.11 Å². The van der Waals surface area contributed by atoms with Crippen molar-refractivity contribution in [1.29, 1.82) is 0 Å². The molecular weight excluding hydrogens is 268 g/mol. The van der Waals surface area contributed by atoms with Crippen LogP contribution in [-0.2, 0) is 13.1 Å². The molecule has 0 atom stereocenters. The third kappa shape index (κ3) is 4.19. The topological polar surface area (TPSA) is 92.8 Å². The number of oxime groups is 1. The molecule has 0 aliphatic heterocycles. The van der Waals surface area contributed by atoms with Crippen molar-refractivity contribution in [3.8, 4) is 5.75 Å². The number of hydrogen-bond acceptors (Lipinski definition) is 5. The quantitative estimate of drug-likeness (QED) is 0.324. The normalized spacial score (nSPS) is 11.4. The molecule has 0 spiro atoms. The number of aromatic nitrogens is 1. The molecule has 110 valence electrons. The molecule has 0 radical (unpaired) electrons. The Balaban J connectivity index is 1.91. The van der Waals surface area contributed by atoms with E-state index in [1.54, 1.807) is 19.4 Å². The van der Waals surface area contributed by atoms with Crippen molar-refractivity contribution in [3.05, 3.63) is 59.4 Å². The number of pyridine rings is 1. The zero-order chi connectivity index (χ0) is 15.1. The minimum absolute atomic E-state index is 0.00649. The van der Waals surface area contributed by atoms with Gasteiger partial charge in [-0.3, -0.25) is 4.98 Å². The lowest BCUT2D eigenvalue weighted by atomic mass is 10.2. The molecule has 6 nitrogen and oxygen atoms in total. The summed E-state index contributed by atoms with van der Waals surface area (Å²) in [5.41, 5.74) is 8.16. The van der Waals surface area contributed by atoms with Gasteiger partial charge in [0.25, 0.3) is 0 Å².